The van der Waals surface area contributed by atoms with E-state index in [9.17, 15) is 8.42 Å². The molecule has 1 N–H and O–H groups in total. The number of para-hydroxylation sites is 1. The number of ether oxygens (including phenoxy) is 3. The Morgan fingerprint density at radius 3 is 2.12 bits per heavy atom. The second kappa shape index (κ2) is 11.6. The standard InChI is InChI=1S/C26H33N7O6S/c1-14(2)38-23(24-27-12-15(3)13-28-24)18(6)40(34,35)32-26-30-29-25(21-16(4)17(5)39-31-21)33(26)22-19(36-7)10-9-11-20(22)37-8/h9-14,18,23H,1-8H3,(H,30,32)/t18-,23+/m0/s1. The van der Waals surface area contributed by atoms with Crippen molar-refractivity contribution in [3.63, 3.8) is 0 Å². The summed E-state index contributed by atoms with van der Waals surface area (Å²) in [6.45, 7) is 10.6. The van der Waals surface area contributed by atoms with Crippen molar-refractivity contribution in [3.8, 4) is 28.7 Å². The molecule has 0 spiro atoms. The fourth-order valence-electron chi connectivity index (χ4n) is 4.00. The molecule has 0 amide bonds. The summed E-state index contributed by atoms with van der Waals surface area (Å²) in [4.78, 5) is 8.65. The van der Waals surface area contributed by atoms with Gasteiger partial charge in [-0.2, -0.15) is 0 Å². The first-order chi connectivity index (χ1) is 19.0. The van der Waals surface area contributed by atoms with E-state index >= 15 is 0 Å². The van der Waals surface area contributed by atoms with E-state index in [0.29, 0.717) is 34.2 Å². The third kappa shape index (κ3) is 5.63. The average Bonchev–Trinajstić information content (AvgIpc) is 3.47. The Kier molecular flexibility index (Phi) is 8.40. The van der Waals surface area contributed by atoms with Gasteiger partial charge in [0, 0.05) is 18.0 Å². The second-order valence-electron chi connectivity index (χ2n) is 9.48. The molecule has 0 saturated carbocycles. The largest absolute Gasteiger partial charge is 0.494 e. The van der Waals surface area contributed by atoms with E-state index in [1.54, 1.807) is 37.5 Å². The monoisotopic (exact) mass is 571 g/mol. The zero-order valence-corrected chi connectivity index (χ0v) is 24.5. The first kappa shape index (κ1) is 29.0. The number of aryl methyl sites for hydroxylation is 2. The fourth-order valence-corrected chi connectivity index (χ4v) is 5.08. The van der Waals surface area contributed by atoms with Gasteiger partial charge in [0.2, 0.25) is 16.0 Å². The molecule has 0 bridgehead atoms. The van der Waals surface area contributed by atoms with Crippen molar-refractivity contribution < 1.29 is 27.2 Å². The highest BCUT2D eigenvalue weighted by Gasteiger charge is 2.36. The molecule has 0 aliphatic carbocycles. The molecule has 4 aromatic rings. The zero-order chi connectivity index (χ0) is 29.2. The minimum absolute atomic E-state index is 0.113. The van der Waals surface area contributed by atoms with Crippen LogP contribution >= 0.6 is 0 Å². The molecule has 3 heterocycles. The van der Waals surface area contributed by atoms with Crippen molar-refractivity contribution in [2.75, 3.05) is 18.9 Å². The molecule has 3 aromatic heterocycles. The van der Waals surface area contributed by atoms with E-state index in [4.69, 9.17) is 18.7 Å². The molecule has 0 aliphatic rings. The van der Waals surface area contributed by atoms with Crippen molar-refractivity contribution in [1.29, 1.82) is 0 Å². The molecule has 214 valence electrons. The molecule has 2 atom stereocenters. The highest BCUT2D eigenvalue weighted by Crippen LogP contribution is 2.38. The van der Waals surface area contributed by atoms with Crippen LogP contribution in [0.15, 0.2) is 35.1 Å². The van der Waals surface area contributed by atoms with Gasteiger partial charge in [-0.3, -0.25) is 9.29 Å². The van der Waals surface area contributed by atoms with Crippen molar-refractivity contribution >= 4 is 16.0 Å². The molecule has 0 unspecified atom stereocenters. The summed E-state index contributed by atoms with van der Waals surface area (Å²) < 4.78 is 54.3. The Morgan fingerprint density at radius 1 is 0.975 bits per heavy atom. The van der Waals surface area contributed by atoms with E-state index < -0.39 is 21.4 Å². The first-order valence-electron chi connectivity index (χ1n) is 12.5. The van der Waals surface area contributed by atoms with Gasteiger partial charge in [0.05, 0.1) is 20.3 Å². The van der Waals surface area contributed by atoms with Crippen molar-refractivity contribution in [2.45, 2.75) is 59.0 Å². The lowest BCUT2D eigenvalue weighted by atomic mass is 10.2. The van der Waals surface area contributed by atoms with Crippen LogP contribution in [0.1, 0.15) is 49.6 Å². The molecule has 14 heteroatoms. The first-order valence-corrected chi connectivity index (χ1v) is 14.1. The minimum atomic E-state index is -4.16. The van der Waals surface area contributed by atoms with Crippen LogP contribution in [0.2, 0.25) is 0 Å². The van der Waals surface area contributed by atoms with Crippen molar-refractivity contribution in [2.24, 2.45) is 0 Å². The number of aromatic nitrogens is 6. The van der Waals surface area contributed by atoms with Gasteiger partial charge in [-0.05, 0) is 59.2 Å². The van der Waals surface area contributed by atoms with Crippen LogP contribution in [0.25, 0.3) is 17.2 Å². The number of rotatable bonds is 11. The summed E-state index contributed by atoms with van der Waals surface area (Å²) >= 11 is 0. The Labute approximate surface area is 232 Å². The maximum absolute atomic E-state index is 13.8. The number of hydrogen-bond acceptors (Lipinski definition) is 11. The highest BCUT2D eigenvalue weighted by molar-refractivity contribution is 7.93. The van der Waals surface area contributed by atoms with Gasteiger partial charge in [0.25, 0.3) is 0 Å². The van der Waals surface area contributed by atoms with Crippen LogP contribution in [0.3, 0.4) is 0 Å². The molecule has 0 radical (unpaired) electrons. The molecule has 1 aromatic carbocycles. The topological polar surface area (TPSA) is 156 Å². The molecular weight excluding hydrogens is 538 g/mol. The second-order valence-corrected chi connectivity index (χ2v) is 11.5. The SMILES string of the molecule is COc1cccc(OC)c1-n1c(NS(=O)(=O)[C@@H](C)[C@@H](OC(C)C)c2ncc(C)cn2)nnc1-c1noc(C)c1C. The molecule has 0 aliphatic heterocycles. The normalized spacial score (nSPS) is 13.3. The van der Waals surface area contributed by atoms with Crippen LogP contribution < -0.4 is 14.2 Å². The van der Waals surface area contributed by atoms with Gasteiger partial charge in [0.15, 0.2) is 17.3 Å². The molecule has 4 rings (SSSR count). The quantitative estimate of drug-likeness (QED) is 0.278. The van der Waals surface area contributed by atoms with Gasteiger partial charge < -0.3 is 18.7 Å². The predicted octanol–water partition coefficient (Wildman–Crippen LogP) is 3.95. The fraction of sp³-hybridized carbons (Fsp3) is 0.423. The third-order valence-electron chi connectivity index (χ3n) is 6.28. The number of hydrogen-bond donors (Lipinski definition) is 1. The lowest BCUT2D eigenvalue weighted by Gasteiger charge is -2.25. The van der Waals surface area contributed by atoms with Crippen LogP contribution in [0, 0.1) is 20.8 Å². The summed E-state index contributed by atoms with van der Waals surface area (Å²) in [7, 11) is -1.17. The van der Waals surface area contributed by atoms with Crippen LogP contribution in [0.5, 0.6) is 11.5 Å². The summed E-state index contributed by atoms with van der Waals surface area (Å²) in [5.74, 6) is 1.72. The number of methoxy groups -OCH3 is 2. The molecule has 13 nitrogen and oxygen atoms in total. The molecular formula is C26H33N7O6S. The Balaban J connectivity index is 1.86. The van der Waals surface area contributed by atoms with E-state index in [-0.39, 0.29) is 23.7 Å². The van der Waals surface area contributed by atoms with Gasteiger partial charge >= 0.3 is 0 Å². The van der Waals surface area contributed by atoms with Gasteiger partial charge in [0.1, 0.15) is 34.3 Å². The maximum Gasteiger partial charge on any atom is 0.243 e. The predicted molar refractivity (Wildman–Crippen MR) is 147 cm³/mol. The van der Waals surface area contributed by atoms with Gasteiger partial charge in [-0.15, -0.1) is 10.2 Å². The van der Waals surface area contributed by atoms with Crippen LogP contribution in [0.4, 0.5) is 5.95 Å². The third-order valence-corrected chi connectivity index (χ3v) is 7.97. The van der Waals surface area contributed by atoms with Crippen LogP contribution in [-0.4, -0.2) is 63.9 Å². The van der Waals surface area contributed by atoms with Gasteiger partial charge in [-0.25, -0.2) is 18.4 Å². The molecule has 0 saturated heterocycles. The number of sulfonamides is 1. The lowest BCUT2D eigenvalue weighted by molar-refractivity contribution is 0.00152. The summed E-state index contributed by atoms with van der Waals surface area (Å²) in [5.41, 5.74) is 2.30. The van der Waals surface area contributed by atoms with E-state index in [0.717, 1.165) is 5.56 Å². The highest BCUT2D eigenvalue weighted by atomic mass is 32.2. The number of anilines is 1. The summed E-state index contributed by atoms with van der Waals surface area (Å²) in [6.07, 6.45) is 1.98. The van der Waals surface area contributed by atoms with Crippen molar-refractivity contribution in [1.82, 2.24) is 29.9 Å². The summed E-state index contributed by atoms with van der Waals surface area (Å²) in [5, 5.41) is 11.5. The Hall–Kier alpha value is -4.04. The molecule has 0 fully saturated rings. The molecule has 40 heavy (non-hydrogen) atoms. The number of benzene rings is 1. The minimum Gasteiger partial charge on any atom is -0.494 e. The Bertz CT molecular complexity index is 1560. The average molecular weight is 572 g/mol. The van der Waals surface area contributed by atoms with E-state index in [2.05, 4.69) is 30.0 Å². The summed E-state index contributed by atoms with van der Waals surface area (Å²) in [6, 6.07) is 5.17. The zero-order valence-electron chi connectivity index (χ0n) is 23.7. The number of nitrogens with zero attached hydrogens (tertiary/aromatic N) is 6. The maximum atomic E-state index is 13.8. The number of nitrogens with one attached hydrogen (secondary N) is 1. The van der Waals surface area contributed by atoms with E-state index in [1.165, 1.54) is 25.7 Å². The van der Waals surface area contributed by atoms with E-state index in [1.807, 2.05) is 27.7 Å². The Morgan fingerprint density at radius 2 is 1.60 bits per heavy atom. The van der Waals surface area contributed by atoms with Gasteiger partial charge in [-0.1, -0.05) is 11.2 Å². The smallest absolute Gasteiger partial charge is 0.243 e. The van der Waals surface area contributed by atoms with Crippen molar-refractivity contribution in [3.05, 3.63) is 53.3 Å². The van der Waals surface area contributed by atoms with Crippen LogP contribution in [-0.2, 0) is 14.8 Å². The lowest BCUT2D eigenvalue weighted by Crippen LogP contribution is -2.35.